The molecule has 1 fully saturated rings. The molecule has 0 saturated carbocycles. The van der Waals surface area contributed by atoms with Crippen LogP contribution in [0.2, 0.25) is 0 Å². The molecule has 2 atom stereocenters. The van der Waals surface area contributed by atoms with Gasteiger partial charge >= 0.3 is 5.97 Å². The van der Waals surface area contributed by atoms with Crippen molar-refractivity contribution >= 4 is 5.97 Å². The number of hydrogen-bond acceptors (Lipinski definition) is 3. The van der Waals surface area contributed by atoms with Gasteiger partial charge in [-0.15, -0.1) is 0 Å². The van der Waals surface area contributed by atoms with Crippen LogP contribution < -0.4 is 0 Å². The summed E-state index contributed by atoms with van der Waals surface area (Å²) >= 11 is 0. The number of aliphatic carboxylic acids is 1. The van der Waals surface area contributed by atoms with Crippen molar-refractivity contribution in [1.29, 1.82) is 0 Å². The average Bonchev–Trinajstić information content (AvgIpc) is 2.38. The van der Waals surface area contributed by atoms with Gasteiger partial charge in [0, 0.05) is 13.1 Å². The molecule has 98 valence electrons. The fraction of sp³-hybridized carbons (Fsp3) is 0.500. The van der Waals surface area contributed by atoms with Gasteiger partial charge in [0.25, 0.3) is 0 Å². The second-order valence-electron chi connectivity index (χ2n) is 4.73. The van der Waals surface area contributed by atoms with Gasteiger partial charge in [-0.1, -0.05) is 24.3 Å². The van der Waals surface area contributed by atoms with Gasteiger partial charge in [0.2, 0.25) is 0 Å². The van der Waals surface area contributed by atoms with Crippen molar-refractivity contribution in [3.8, 4) is 0 Å². The molecular weight excluding hydrogens is 230 g/mol. The van der Waals surface area contributed by atoms with Gasteiger partial charge < -0.3 is 9.84 Å². The monoisotopic (exact) mass is 249 g/mol. The van der Waals surface area contributed by atoms with Crippen LogP contribution in [0.5, 0.6) is 0 Å². The number of aryl methyl sites for hydroxylation is 1. The Hall–Kier alpha value is -1.39. The first-order valence-corrected chi connectivity index (χ1v) is 6.23. The quantitative estimate of drug-likeness (QED) is 0.888. The summed E-state index contributed by atoms with van der Waals surface area (Å²) in [5, 5.41) is 9.06. The Morgan fingerprint density at radius 2 is 2.22 bits per heavy atom. The lowest BCUT2D eigenvalue weighted by atomic mass is 10.0. The van der Waals surface area contributed by atoms with E-state index in [2.05, 4.69) is 19.1 Å². The molecule has 1 aromatic rings. The smallest absolute Gasteiger partial charge is 0.320 e. The summed E-state index contributed by atoms with van der Waals surface area (Å²) in [6.45, 7) is 5.67. The lowest BCUT2D eigenvalue weighted by Crippen LogP contribution is -2.46. The molecule has 0 radical (unpaired) electrons. The summed E-state index contributed by atoms with van der Waals surface area (Å²) in [7, 11) is 0. The number of morpholine rings is 1. The predicted molar refractivity (Wildman–Crippen MR) is 68.5 cm³/mol. The molecule has 1 heterocycles. The van der Waals surface area contributed by atoms with Gasteiger partial charge in [0.1, 0.15) is 6.04 Å². The number of carbonyl (C=O) groups is 1. The second kappa shape index (κ2) is 5.50. The van der Waals surface area contributed by atoms with Crippen molar-refractivity contribution in [2.75, 3.05) is 19.7 Å². The number of rotatable bonds is 3. The third-order valence-electron chi connectivity index (χ3n) is 3.54. The van der Waals surface area contributed by atoms with Crippen molar-refractivity contribution in [1.82, 2.24) is 4.90 Å². The molecule has 0 spiro atoms. The molecule has 4 heteroatoms. The fourth-order valence-electron chi connectivity index (χ4n) is 2.31. The first-order chi connectivity index (χ1) is 8.59. The van der Waals surface area contributed by atoms with Gasteiger partial charge in [-0.25, -0.2) is 0 Å². The van der Waals surface area contributed by atoms with Crippen LogP contribution in [0.25, 0.3) is 0 Å². The number of ether oxygens (including phenoxy) is 1. The minimum Gasteiger partial charge on any atom is -0.480 e. The number of nitrogens with zero attached hydrogens (tertiary/aromatic N) is 1. The Balaban J connectivity index is 2.12. The predicted octanol–water partition coefficient (Wildman–Crippen LogP) is 1.84. The van der Waals surface area contributed by atoms with E-state index in [0.29, 0.717) is 19.7 Å². The van der Waals surface area contributed by atoms with Crippen LogP contribution in [0, 0.1) is 6.92 Å². The first kappa shape index (κ1) is 13.1. The normalized spacial score (nSPS) is 22.7. The highest BCUT2D eigenvalue weighted by Crippen LogP contribution is 2.25. The second-order valence-corrected chi connectivity index (χ2v) is 4.73. The van der Waals surface area contributed by atoms with Gasteiger partial charge in [-0.05, 0) is 25.0 Å². The Bertz CT molecular complexity index is 433. The van der Waals surface area contributed by atoms with Crippen molar-refractivity contribution in [3.63, 3.8) is 0 Å². The van der Waals surface area contributed by atoms with Crippen LogP contribution in [0.15, 0.2) is 24.3 Å². The third-order valence-corrected chi connectivity index (χ3v) is 3.54. The van der Waals surface area contributed by atoms with E-state index in [1.807, 2.05) is 17.0 Å². The summed E-state index contributed by atoms with van der Waals surface area (Å²) in [6.07, 6.45) is -0.0262. The van der Waals surface area contributed by atoms with Crippen molar-refractivity contribution < 1.29 is 14.6 Å². The highest BCUT2D eigenvalue weighted by molar-refractivity contribution is 5.72. The SMILES string of the molecule is Cc1ccccc1[C@H]1CN([C@@H](C)C(=O)O)CCO1. The Morgan fingerprint density at radius 1 is 1.50 bits per heavy atom. The zero-order valence-electron chi connectivity index (χ0n) is 10.8. The molecule has 0 bridgehead atoms. The molecule has 0 aromatic heterocycles. The molecule has 1 aliphatic heterocycles. The maximum absolute atomic E-state index is 11.0. The number of carboxylic acid groups (broad SMARTS) is 1. The van der Waals surface area contributed by atoms with E-state index in [1.165, 1.54) is 5.56 Å². The van der Waals surface area contributed by atoms with Crippen LogP contribution in [0.1, 0.15) is 24.2 Å². The molecule has 0 amide bonds. The minimum absolute atomic E-state index is 0.0262. The zero-order chi connectivity index (χ0) is 13.1. The van der Waals surface area contributed by atoms with Crippen molar-refractivity contribution in [3.05, 3.63) is 35.4 Å². The van der Waals surface area contributed by atoms with E-state index < -0.39 is 12.0 Å². The molecule has 0 unspecified atom stereocenters. The summed E-state index contributed by atoms with van der Waals surface area (Å²) in [6, 6.07) is 7.64. The molecule has 1 N–H and O–H groups in total. The number of carboxylic acids is 1. The van der Waals surface area contributed by atoms with Crippen molar-refractivity contribution in [2.45, 2.75) is 26.0 Å². The summed E-state index contributed by atoms with van der Waals surface area (Å²) in [4.78, 5) is 13.0. The molecule has 1 saturated heterocycles. The van der Waals surface area contributed by atoms with E-state index >= 15 is 0 Å². The van der Waals surface area contributed by atoms with Crippen LogP contribution in [0.3, 0.4) is 0 Å². The summed E-state index contributed by atoms with van der Waals surface area (Å²) in [5.74, 6) is -0.777. The number of hydrogen-bond donors (Lipinski definition) is 1. The molecular formula is C14H19NO3. The maximum Gasteiger partial charge on any atom is 0.320 e. The summed E-state index contributed by atoms with van der Waals surface area (Å²) < 4.78 is 5.77. The largest absolute Gasteiger partial charge is 0.480 e. The standard InChI is InChI=1S/C14H19NO3/c1-10-5-3-4-6-12(10)13-9-15(7-8-18-13)11(2)14(16)17/h3-6,11,13H,7-9H2,1-2H3,(H,16,17)/t11-,13+/m0/s1. The summed E-state index contributed by atoms with van der Waals surface area (Å²) in [5.41, 5.74) is 2.34. The van der Waals surface area contributed by atoms with Gasteiger partial charge in [0.15, 0.2) is 0 Å². The first-order valence-electron chi connectivity index (χ1n) is 6.23. The lowest BCUT2D eigenvalue weighted by Gasteiger charge is -2.35. The van der Waals surface area contributed by atoms with Crippen LogP contribution in [-0.2, 0) is 9.53 Å². The van der Waals surface area contributed by atoms with E-state index in [-0.39, 0.29) is 6.10 Å². The lowest BCUT2D eigenvalue weighted by molar-refractivity contribution is -0.145. The van der Waals surface area contributed by atoms with E-state index in [4.69, 9.17) is 9.84 Å². The highest BCUT2D eigenvalue weighted by atomic mass is 16.5. The maximum atomic E-state index is 11.0. The van der Waals surface area contributed by atoms with E-state index in [9.17, 15) is 4.79 Å². The van der Waals surface area contributed by atoms with Gasteiger partial charge in [-0.3, -0.25) is 9.69 Å². The molecule has 4 nitrogen and oxygen atoms in total. The Kier molecular flexibility index (Phi) is 3.99. The van der Waals surface area contributed by atoms with Gasteiger partial charge in [0.05, 0.1) is 12.7 Å². The average molecular weight is 249 g/mol. The molecule has 18 heavy (non-hydrogen) atoms. The molecule has 0 aliphatic carbocycles. The van der Waals surface area contributed by atoms with Crippen LogP contribution >= 0.6 is 0 Å². The van der Waals surface area contributed by atoms with Crippen LogP contribution in [-0.4, -0.2) is 41.7 Å². The van der Waals surface area contributed by atoms with Gasteiger partial charge in [-0.2, -0.15) is 0 Å². The topological polar surface area (TPSA) is 49.8 Å². The zero-order valence-corrected chi connectivity index (χ0v) is 10.8. The third kappa shape index (κ3) is 2.71. The number of benzene rings is 1. The minimum atomic E-state index is -0.777. The van der Waals surface area contributed by atoms with Crippen LogP contribution in [0.4, 0.5) is 0 Å². The molecule has 2 rings (SSSR count). The Morgan fingerprint density at radius 3 is 2.89 bits per heavy atom. The molecule has 1 aromatic carbocycles. The highest BCUT2D eigenvalue weighted by Gasteiger charge is 2.28. The molecule has 1 aliphatic rings. The van der Waals surface area contributed by atoms with E-state index in [1.54, 1.807) is 6.92 Å². The van der Waals surface area contributed by atoms with E-state index in [0.717, 1.165) is 5.56 Å². The van der Waals surface area contributed by atoms with Crippen molar-refractivity contribution in [2.24, 2.45) is 0 Å². The fourth-order valence-corrected chi connectivity index (χ4v) is 2.31. The Labute approximate surface area is 107 Å².